The number of pyridine rings is 1. The van der Waals surface area contributed by atoms with E-state index in [-0.39, 0.29) is 0 Å². The standard InChI is InChI=1S/C13H14Cl2N2/c1-8-5-9-6-10(14)11(15)7-13(9)17-12(8)3-4-16-2/h5-7,16H,3-4H2,1-2H3. The Kier molecular flexibility index (Phi) is 3.87. The molecule has 0 atom stereocenters. The predicted octanol–water partition coefficient (Wildman–Crippen LogP) is 3.61. The Bertz CT molecular complexity index is 553. The maximum Gasteiger partial charge on any atom is 0.0721 e. The summed E-state index contributed by atoms with van der Waals surface area (Å²) in [6, 6.07) is 5.79. The van der Waals surface area contributed by atoms with Crippen LogP contribution >= 0.6 is 23.2 Å². The zero-order chi connectivity index (χ0) is 12.4. The Labute approximate surface area is 111 Å². The van der Waals surface area contributed by atoms with Crippen molar-refractivity contribution in [3.8, 4) is 0 Å². The first-order valence-corrected chi connectivity index (χ1v) is 6.27. The molecule has 0 fully saturated rings. The van der Waals surface area contributed by atoms with E-state index in [1.54, 1.807) is 0 Å². The zero-order valence-electron chi connectivity index (χ0n) is 9.85. The summed E-state index contributed by atoms with van der Waals surface area (Å²) in [6.45, 7) is 2.99. The second-order valence-corrected chi connectivity index (χ2v) is 4.88. The molecular formula is C13H14Cl2N2. The molecule has 2 rings (SSSR count). The van der Waals surface area contributed by atoms with Crippen molar-refractivity contribution in [3.63, 3.8) is 0 Å². The number of fused-ring (bicyclic) bond motifs is 1. The highest BCUT2D eigenvalue weighted by Gasteiger charge is 2.06. The number of halogens is 2. The Morgan fingerprint density at radius 1 is 1.18 bits per heavy atom. The number of hydrogen-bond acceptors (Lipinski definition) is 2. The van der Waals surface area contributed by atoms with Crippen molar-refractivity contribution in [2.45, 2.75) is 13.3 Å². The number of nitrogens with zero attached hydrogens (tertiary/aromatic N) is 1. The third kappa shape index (κ3) is 2.71. The molecule has 0 aliphatic carbocycles. The van der Waals surface area contributed by atoms with E-state index in [1.807, 2.05) is 19.2 Å². The van der Waals surface area contributed by atoms with Crippen LogP contribution in [0, 0.1) is 6.92 Å². The van der Waals surface area contributed by atoms with Gasteiger partial charge in [0.15, 0.2) is 0 Å². The molecule has 0 aliphatic rings. The Hall–Kier alpha value is -0.830. The molecule has 0 aliphatic heterocycles. The van der Waals surface area contributed by atoms with Gasteiger partial charge in [0.05, 0.1) is 15.6 Å². The molecule has 0 amide bonds. The van der Waals surface area contributed by atoms with E-state index < -0.39 is 0 Å². The number of rotatable bonds is 3. The van der Waals surface area contributed by atoms with Crippen LogP contribution in [0.15, 0.2) is 18.2 Å². The first-order valence-electron chi connectivity index (χ1n) is 5.51. The summed E-state index contributed by atoms with van der Waals surface area (Å²) in [4.78, 5) is 4.63. The second-order valence-electron chi connectivity index (χ2n) is 4.06. The van der Waals surface area contributed by atoms with E-state index in [0.29, 0.717) is 10.0 Å². The topological polar surface area (TPSA) is 24.9 Å². The highest BCUT2D eigenvalue weighted by molar-refractivity contribution is 6.42. The number of likely N-dealkylation sites (N-methyl/N-ethyl adjacent to an activating group) is 1. The van der Waals surface area contributed by atoms with Crippen LogP contribution in [0.5, 0.6) is 0 Å². The van der Waals surface area contributed by atoms with Crippen molar-refractivity contribution in [3.05, 3.63) is 39.5 Å². The molecule has 1 N–H and O–H groups in total. The van der Waals surface area contributed by atoms with Crippen LogP contribution in [0.25, 0.3) is 10.9 Å². The zero-order valence-corrected chi connectivity index (χ0v) is 11.4. The SMILES string of the molecule is CNCCc1nc2cc(Cl)c(Cl)cc2cc1C. The summed E-state index contributed by atoms with van der Waals surface area (Å²) < 4.78 is 0. The third-order valence-corrected chi connectivity index (χ3v) is 3.49. The summed E-state index contributed by atoms with van der Waals surface area (Å²) in [7, 11) is 1.94. The van der Waals surface area contributed by atoms with Crippen LogP contribution in [0.2, 0.25) is 10.0 Å². The van der Waals surface area contributed by atoms with Crippen molar-refractivity contribution < 1.29 is 0 Å². The van der Waals surface area contributed by atoms with Crippen molar-refractivity contribution in [1.29, 1.82) is 0 Å². The highest BCUT2D eigenvalue weighted by Crippen LogP contribution is 2.28. The van der Waals surface area contributed by atoms with Crippen LogP contribution < -0.4 is 5.32 Å². The number of nitrogens with one attached hydrogen (secondary N) is 1. The van der Waals surface area contributed by atoms with E-state index in [9.17, 15) is 0 Å². The van der Waals surface area contributed by atoms with Crippen molar-refractivity contribution in [1.82, 2.24) is 10.3 Å². The van der Waals surface area contributed by atoms with Crippen LogP contribution in [0.3, 0.4) is 0 Å². The molecule has 1 aromatic carbocycles. The lowest BCUT2D eigenvalue weighted by Crippen LogP contribution is -2.12. The Morgan fingerprint density at radius 2 is 1.88 bits per heavy atom. The molecule has 0 bridgehead atoms. The molecule has 1 aromatic heterocycles. The normalized spacial score (nSPS) is 11.1. The van der Waals surface area contributed by atoms with E-state index >= 15 is 0 Å². The van der Waals surface area contributed by atoms with Gasteiger partial charge in [-0.15, -0.1) is 0 Å². The lowest BCUT2D eigenvalue weighted by molar-refractivity contribution is 0.775. The lowest BCUT2D eigenvalue weighted by atomic mass is 10.1. The number of aryl methyl sites for hydroxylation is 1. The molecular weight excluding hydrogens is 255 g/mol. The monoisotopic (exact) mass is 268 g/mol. The van der Waals surface area contributed by atoms with Gasteiger partial charge in [-0.05, 0) is 37.7 Å². The van der Waals surface area contributed by atoms with Crippen LogP contribution in [-0.4, -0.2) is 18.6 Å². The van der Waals surface area contributed by atoms with Crippen molar-refractivity contribution in [2.24, 2.45) is 0 Å². The third-order valence-electron chi connectivity index (χ3n) is 2.76. The predicted molar refractivity (Wildman–Crippen MR) is 74.1 cm³/mol. The highest BCUT2D eigenvalue weighted by atomic mass is 35.5. The first kappa shape index (κ1) is 12.6. The molecule has 0 saturated carbocycles. The molecule has 1 heterocycles. The van der Waals surface area contributed by atoms with Crippen molar-refractivity contribution >= 4 is 34.1 Å². The second kappa shape index (κ2) is 5.21. The van der Waals surface area contributed by atoms with E-state index in [0.717, 1.165) is 29.6 Å². The molecule has 2 aromatic rings. The van der Waals surface area contributed by atoms with E-state index in [2.05, 4.69) is 23.3 Å². The quantitative estimate of drug-likeness (QED) is 0.920. The van der Waals surface area contributed by atoms with Gasteiger partial charge in [0.1, 0.15) is 0 Å². The Morgan fingerprint density at radius 3 is 2.59 bits per heavy atom. The van der Waals surface area contributed by atoms with Gasteiger partial charge in [-0.3, -0.25) is 4.98 Å². The molecule has 0 radical (unpaired) electrons. The summed E-state index contributed by atoms with van der Waals surface area (Å²) in [5.74, 6) is 0. The van der Waals surface area contributed by atoms with Gasteiger partial charge in [0, 0.05) is 24.0 Å². The minimum Gasteiger partial charge on any atom is -0.319 e. The van der Waals surface area contributed by atoms with Gasteiger partial charge in [-0.25, -0.2) is 0 Å². The molecule has 0 unspecified atom stereocenters. The van der Waals surface area contributed by atoms with Crippen LogP contribution in [0.1, 0.15) is 11.3 Å². The number of hydrogen-bond donors (Lipinski definition) is 1. The minimum atomic E-state index is 0.551. The van der Waals surface area contributed by atoms with Gasteiger partial charge in [-0.2, -0.15) is 0 Å². The van der Waals surface area contributed by atoms with Crippen molar-refractivity contribution in [2.75, 3.05) is 13.6 Å². The summed E-state index contributed by atoms with van der Waals surface area (Å²) >= 11 is 12.0. The lowest BCUT2D eigenvalue weighted by Gasteiger charge is -2.08. The fourth-order valence-electron chi connectivity index (χ4n) is 1.81. The minimum absolute atomic E-state index is 0.551. The van der Waals surface area contributed by atoms with Crippen LogP contribution in [-0.2, 0) is 6.42 Å². The fraction of sp³-hybridized carbons (Fsp3) is 0.308. The summed E-state index contributed by atoms with van der Waals surface area (Å²) in [5, 5.41) is 5.28. The Balaban J connectivity index is 2.51. The molecule has 0 spiro atoms. The van der Waals surface area contributed by atoms with Gasteiger partial charge < -0.3 is 5.32 Å². The number of aromatic nitrogens is 1. The van der Waals surface area contributed by atoms with Gasteiger partial charge in [0.25, 0.3) is 0 Å². The summed E-state index contributed by atoms with van der Waals surface area (Å²) in [5.41, 5.74) is 3.19. The maximum absolute atomic E-state index is 6.00. The molecule has 0 saturated heterocycles. The summed E-state index contributed by atoms with van der Waals surface area (Å²) in [6.07, 6.45) is 0.915. The largest absolute Gasteiger partial charge is 0.319 e. The maximum atomic E-state index is 6.00. The molecule has 2 nitrogen and oxygen atoms in total. The molecule has 4 heteroatoms. The number of benzene rings is 1. The van der Waals surface area contributed by atoms with E-state index in [1.165, 1.54) is 5.56 Å². The van der Waals surface area contributed by atoms with Gasteiger partial charge in [0.2, 0.25) is 0 Å². The van der Waals surface area contributed by atoms with E-state index in [4.69, 9.17) is 23.2 Å². The van der Waals surface area contributed by atoms with Gasteiger partial charge >= 0.3 is 0 Å². The average Bonchev–Trinajstić information content (AvgIpc) is 2.29. The first-order chi connectivity index (χ1) is 8.11. The van der Waals surface area contributed by atoms with Crippen LogP contribution in [0.4, 0.5) is 0 Å². The fourth-order valence-corrected chi connectivity index (χ4v) is 2.14. The molecule has 90 valence electrons. The average molecular weight is 269 g/mol. The molecule has 17 heavy (non-hydrogen) atoms. The smallest absolute Gasteiger partial charge is 0.0721 e. The van der Waals surface area contributed by atoms with Gasteiger partial charge in [-0.1, -0.05) is 23.2 Å².